The number of aliphatic carboxylic acids is 1. The lowest BCUT2D eigenvalue weighted by atomic mass is 9.90. The molecule has 1 aromatic heterocycles. The average molecular weight is 357 g/mol. The first-order chi connectivity index (χ1) is 12.4. The Morgan fingerprint density at radius 3 is 2.58 bits per heavy atom. The summed E-state index contributed by atoms with van der Waals surface area (Å²) in [4.78, 5) is 25.9. The van der Waals surface area contributed by atoms with Gasteiger partial charge >= 0.3 is 5.97 Å². The van der Waals surface area contributed by atoms with Gasteiger partial charge in [0.1, 0.15) is 5.75 Å². The summed E-state index contributed by atoms with van der Waals surface area (Å²) in [5, 5.41) is 13.8. The van der Waals surface area contributed by atoms with E-state index in [1.54, 1.807) is 29.7 Å². The number of hydrogen-bond donors (Lipinski definition) is 1. The van der Waals surface area contributed by atoms with E-state index in [1.165, 1.54) is 0 Å². The van der Waals surface area contributed by atoms with Gasteiger partial charge in [-0.2, -0.15) is 5.10 Å². The zero-order valence-corrected chi connectivity index (χ0v) is 15.2. The molecule has 0 spiro atoms. The van der Waals surface area contributed by atoms with Crippen LogP contribution in [0.15, 0.2) is 30.3 Å². The fourth-order valence-electron chi connectivity index (χ4n) is 3.47. The highest BCUT2D eigenvalue weighted by molar-refractivity contribution is 5.93. The maximum absolute atomic E-state index is 12.9. The smallest absolute Gasteiger partial charge is 0.308 e. The Morgan fingerprint density at radius 1 is 1.27 bits per heavy atom. The van der Waals surface area contributed by atoms with Crippen LogP contribution in [0.2, 0.25) is 0 Å². The minimum Gasteiger partial charge on any atom is -0.497 e. The first-order valence-electron chi connectivity index (χ1n) is 8.67. The number of amides is 1. The van der Waals surface area contributed by atoms with E-state index in [0.29, 0.717) is 25.1 Å². The molecule has 1 fully saturated rings. The molecule has 3 rings (SSSR count). The number of hydrogen-bond acceptors (Lipinski definition) is 4. The topological polar surface area (TPSA) is 84.7 Å². The van der Waals surface area contributed by atoms with Crippen molar-refractivity contribution in [1.82, 2.24) is 14.7 Å². The first kappa shape index (κ1) is 18.0. The van der Waals surface area contributed by atoms with Crippen molar-refractivity contribution in [1.29, 1.82) is 0 Å². The summed E-state index contributed by atoms with van der Waals surface area (Å²) in [5.41, 5.74) is 1.99. The third kappa shape index (κ3) is 3.29. The standard InChI is InChI=1S/C19H23N3O4/c1-12-11-17(20-22(12)14-6-8-15(26-3)9-7-14)18(23)21-10-4-5-16(13(21)2)19(24)25/h6-9,11,13,16H,4-5,10H2,1-3H3,(H,24,25)/t13-,16-/m0/s1. The molecule has 2 heterocycles. The largest absolute Gasteiger partial charge is 0.497 e. The number of aromatic nitrogens is 2. The van der Waals surface area contributed by atoms with Gasteiger partial charge < -0.3 is 14.7 Å². The molecular formula is C19H23N3O4. The number of rotatable bonds is 4. The molecule has 7 nitrogen and oxygen atoms in total. The number of nitrogens with zero attached hydrogens (tertiary/aromatic N) is 3. The molecule has 138 valence electrons. The molecule has 26 heavy (non-hydrogen) atoms. The highest BCUT2D eigenvalue weighted by Crippen LogP contribution is 2.26. The molecule has 2 atom stereocenters. The van der Waals surface area contributed by atoms with Gasteiger partial charge in [-0.1, -0.05) is 0 Å². The van der Waals surface area contributed by atoms with Crippen LogP contribution in [0.5, 0.6) is 5.75 Å². The Morgan fingerprint density at radius 2 is 1.96 bits per heavy atom. The fraction of sp³-hybridized carbons (Fsp3) is 0.421. The zero-order valence-electron chi connectivity index (χ0n) is 15.2. The number of benzene rings is 1. The fourth-order valence-corrected chi connectivity index (χ4v) is 3.47. The van der Waals surface area contributed by atoms with Crippen LogP contribution in [0, 0.1) is 12.8 Å². The molecule has 0 radical (unpaired) electrons. The highest BCUT2D eigenvalue weighted by atomic mass is 16.5. The molecule has 2 aromatic rings. The minimum atomic E-state index is -0.852. The van der Waals surface area contributed by atoms with Crippen LogP contribution in [0.25, 0.3) is 5.69 Å². The van der Waals surface area contributed by atoms with Gasteiger partial charge in [0, 0.05) is 18.3 Å². The maximum atomic E-state index is 12.9. The van der Waals surface area contributed by atoms with Crippen LogP contribution < -0.4 is 4.74 Å². The summed E-state index contributed by atoms with van der Waals surface area (Å²) in [5.74, 6) is -0.858. The number of carbonyl (C=O) groups is 2. The van der Waals surface area contributed by atoms with E-state index in [0.717, 1.165) is 17.1 Å². The van der Waals surface area contributed by atoms with E-state index in [2.05, 4.69) is 5.10 Å². The van der Waals surface area contributed by atoms with Crippen LogP contribution >= 0.6 is 0 Å². The number of carboxylic acid groups (broad SMARTS) is 1. The number of ether oxygens (including phenoxy) is 1. The number of piperidine rings is 1. The van der Waals surface area contributed by atoms with Crippen molar-refractivity contribution in [2.75, 3.05) is 13.7 Å². The Bertz CT molecular complexity index is 813. The molecule has 0 aliphatic carbocycles. The monoisotopic (exact) mass is 357 g/mol. The normalized spacial score (nSPS) is 20.0. The van der Waals surface area contributed by atoms with Crippen LogP contribution in [-0.4, -0.2) is 51.4 Å². The van der Waals surface area contributed by atoms with Gasteiger partial charge in [-0.3, -0.25) is 9.59 Å². The van der Waals surface area contributed by atoms with Gasteiger partial charge in [-0.15, -0.1) is 0 Å². The molecule has 0 bridgehead atoms. The van der Waals surface area contributed by atoms with Crippen molar-refractivity contribution >= 4 is 11.9 Å². The molecule has 1 saturated heterocycles. The summed E-state index contributed by atoms with van der Waals surface area (Å²) in [6.07, 6.45) is 1.28. The lowest BCUT2D eigenvalue weighted by Crippen LogP contribution is -2.49. The van der Waals surface area contributed by atoms with Crippen molar-refractivity contribution in [3.8, 4) is 11.4 Å². The molecule has 7 heteroatoms. The number of aryl methyl sites for hydroxylation is 1. The van der Waals surface area contributed by atoms with Gasteiger partial charge in [-0.25, -0.2) is 4.68 Å². The summed E-state index contributed by atoms with van der Waals surface area (Å²) >= 11 is 0. The Kier molecular flexibility index (Phi) is 4.97. The maximum Gasteiger partial charge on any atom is 0.308 e. The third-order valence-electron chi connectivity index (χ3n) is 4.99. The predicted molar refractivity (Wildman–Crippen MR) is 95.7 cm³/mol. The van der Waals surface area contributed by atoms with Crippen molar-refractivity contribution in [2.24, 2.45) is 5.92 Å². The molecule has 0 unspecified atom stereocenters. The van der Waals surface area contributed by atoms with E-state index in [1.807, 2.05) is 31.2 Å². The molecule has 1 aliphatic heterocycles. The van der Waals surface area contributed by atoms with E-state index in [9.17, 15) is 14.7 Å². The second-order valence-corrected chi connectivity index (χ2v) is 6.61. The first-order valence-corrected chi connectivity index (χ1v) is 8.67. The number of likely N-dealkylation sites (tertiary alicyclic amines) is 1. The lowest BCUT2D eigenvalue weighted by molar-refractivity contribution is -0.144. The molecule has 1 amide bonds. The lowest BCUT2D eigenvalue weighted by Gasteiger charge is -2.37. The van der Waals surface area contributed by atoms with E-state index in [4.69, 9.17) is 4.74 Å². The Balaban J connectivity index is 1.85. The second-order valence-electron chi connectivity index (χ2n) is 6.61. The zero-order chi connectivity index (χ0) is 18.8. The van der Waals surface area contributed by atoms with Gasteiger partial charge in [0.15, 0.2) is 5.69 Å². The van der Waals surface area contributed by atoms with Gasteiger partial charge in [0.25, 0.3) is 5.91 Å². The summed E-state index contributed by atoms with van der Waals surface area (Å²) < 4.78 is 6.87. The Hall–Kier alpha value is -2.83. The van der Waals surface area contributed by atoms with Crippen LogP contribution in [0.1, 0.15) is 35.9 Å². The van der Waals surface area contributed by atoms with Gasteiger partial charge in [0.2, 0.25) is 0 Å². The van der Waals surface area contributed by atoms with Crippen molar-refractivity contribution < 1.29 is 19.4 Å². The molecule has 1 aromatic carbocycles. The predicted octanol–water partition coefficient (Wildman–Crippen LogP) is 2.51. The number of methoxy groups -OCH3 is 1. The number of carbonyl (C=O) groups excluding carboxylic acids is 1. The van der Waals surface area contributed by atoms with Gasteiger partial charge in [-0.05, 0) is 57.0 Å². The summed E-state index contributed by atoms with van der Waals surface area (Å²) in [7, 11) is 1.61. The van der Waals surface area contributed by atoms with Crippen LogP contribution in [0.3, 0.4) is 0 Å². The van der Waals surface area contributed by atoms with E-state index in [-0.39, 0.29) is 11.9 Å². The summed E-state index contributed by atoms with van der Waals surface area (Å²) in [6, 6.07) is 8.81. The van der Waals surface area contributed by atoms with Crippen molar-refractivity contribution in [2.45, 2.75) is 32.7 Å². The van der Waals surface area contributed by atoms with Crippen molar-refractivity contribution in [3.05, 3.63) is 41.7 Å². The molecular weight excluding hydrogens is 334 g/mol. The SMILES string of the molecule is COc1ccc(-n2nc(C(=O)N3CCC[C@H](C(=O)O)[C@@H]3C)cc2C)cc1. The summed E-state index contributed by atoms with van der Waals surface area (Å²) in [6.45, 7) is 4.23. The highest BCUT2D eigenvalue weighted by Gasteiger charge is 2.36. The molecule has 1 aliphatic rings. The van der Waals surface area contributed by atoms with Crippen molar-refractivity contribution in [3.63, 3.8) is 0 Å². The molecule has 1 N–H and O–H groups in total. The Labute approximate surface area is 152 Å². The van der Waals surface area contributed by atoms with E-state index >= 15 is 0 Å². The number of carboxylic acids is 1. The molecule has 0 saturated carbocycles. The van der Waals surface area contributed by atoms with E-state index < -0.39 is 11.9 Å². The van der Waals surface area contributed by atoms with Crippen LogP contribution in [-0.2, 0) is 4.79 Å². The minimum absolute atomic E-state index is 0.223. The van der Waals surface area contributed by atoms with Gasteiger partial charge in [0.05, 0.1) is 18.7 Å². The third-order valence-corrected chi connectivity index (χ3v) is 4.99. The van der Waals surface area contributed by atoms with Crippen LogP contribution in [0.4, 0.5) is 0 Å². The second kappa shape index (κ2) is 7.19. The average Bonchev–Trinajstić information content (AvgIpc) is 3.03. The quantitative estimate of drug-likeness (QED) is 0.909.